The summed E-state index contributed by atoms with van der Waals surface area (Å²) in [7, 11) is 0. The minimum Gasteiger partial charge on any atom is -0.642 e. The number of hydrogen-bond acceptors (Lipinski definition) is 1. The molecule has 0 saturated heterocycles. The van der Waals surface area contributed by atoms with Gasteiger partial charge in [-0.3, -0.25) is 0 Å². The van der Waals surface area contributed by atoms with Crippen molar-refractivity contribution in [2.45, 2.75) is 63.9 Å². The topological polar surface area (TPSA) is 9.23 Å². The Balaban J connectivity index is 2.68. The van der Waals surface area contributed by atoms with Gasteiger partial charge in [0.15, 0.2) is 52.4 Å². The van der Waals surface area contributed by atoms with Gasteiger partial charge in [0, 0.05) is 0 Å². The van der Waals surface area contributed by atoms with Gasteiger partial charge in [-0.1, -0.05) is 65.2 Å². The number of halogens is 15. The fourth-order valence-corrected chi connectivity index (χ4v) is 7.04. The van der Waals surface area contributed by atoms with Crippen LogP contribution in [0.4, 0.5) is 65.9 Å². The lowest BCUT2D eigenvalue weighted by atomic mass is 9.12. The summed E-state index contributed by atoms with van der Waals surface area (Å²) in [6.45, 7) is 8.57. The molecule has 4 aromatic carbocycles. The average molecular weight is 773 g/mol. The van der Waals surface area contributed by atoms with Crippen molar-refractivity contribution in [2.24, 2.45) is 0 Å². The van der Waals surface area contributed by atoms with Crippen LogP contribution in [0.3, 0.4) is 0 Å². The number of hydrogen-bond donors (Lipinski definition) is 0. The SMILES string of the molecule is [CH3][Al]([CH3])[O]c1c(C(C)(C)C)cc([B-](c2c(F)c(F)c(F)c(F)c2F)(c2c(F)c(F)c(F)c(F)c2F)c2c(F)c(F)c(F)c(F)c2F)cc1C(C)(C)C. The fourth-order valence-electron chi connectivity index (χ4n) is 6.32. The number of rotatable bonds is 6. The van der Waals surface area contributed by atoms with Gasteiger partial charge >= 0.3 is 14.5 Å². The minimum absolute atomic E-state index is 0.0673. The highest BCUT2D eigenvalue weighted by molar-refractivity contribution is 7.20. The summed E-state index contributed by atoms with van der Waals surface area (Å²) >= 11 is -2.22. The van der Waals surface area contributed by atoms with Crippen molar-refractivity contribution in [1.82, 2.24) is 0 Å². The molecule has 0 atom stereocenters. The van der Waals surface area contributed by atoms with E-state index in [2.05, 4.69) is 0 Å². The van der Waals surface area contributed by atoms with Crippen LogP contribution in [0.15, 0.2) is 12.1 Å². The van der Waals surface area contributed by atoms with Gasteiger partial charge in [-0.25, -0.2) is 65.9 Å². The third-order valence-corrected chi connectivity index (χ3v) is 9.32. The molecule has 0 saturated carbocycles. The predicted molar refractivity (Wildman–Crippen MR) is 165 cm³/mol. The van der Waals surface area contributed by atoms with Gasteiger partial charge in [-0.15, -0.1) is 16.4 Å². The maximum Gasteiger partial charge on any atom is 0.540 e. The molecule has 0 heterocycles. The van der Waals surface area contributed by atoms with Crippen LogP contribution in [-0.4, -0.2) is 20.6 Å². The van der Waals surface area contributed by atoms with Crippen LogP contribution in [0.1, 0.15) is 52.7 Å². The largest absolute Gasteiger partial charge is 0.642 e. The summed E-state index contributed by atoms with van der Waals surface area (Å²) in [5.41, 5.74) is -12.5. The van der Waals surface area contributed by atoms with E-state index in [9.17, 15) is 13.2 Å². The maximum atomic E-state index is 16.2. The normalized spacial score (nSPS) is 12.5. The van der Waals surface area contributed by atoms with E-state index in [4.69, 9.17) is 3.79 Å². The molecular formula is C34H26AlBF15O-. The lowest BCUT2D eigenvalue weighted by Crippen LogP contribution is -2.79. The highest BCUT2D eigenvalue weighted by Crippen LogP contribution is 2.41. The molecule has 0 aliphatic heterocycles. The standard InChI is InChI=1S/C32H21BF15O.2CH3.Al/c1-31(2,3)10-7-9(8-11(30(10)49)32(4,5)6)33(12-15(34)21(40)27(46)22(41)16(12)35,13-17(36)23(42)28(47)24(43)18(13)37)14-19(38)25(44)29(48)26(45)20(14)39;;;/h7-8,49H,1-6H3;2*1H3;/q-1;;;+1/p-1. The molecule has 280 valence electrons. The third-order valence-electron chi connectivity index (χ3n) is 8.61. The molecule has 0 radical (unpaired) electrons. The molecule has 0 aliphatic carbocycles. The molecule has 0 N–H and O–H groups in total. The minimum atomic E-state index is -5.94. The Bertz CT molecular complexity index is 1850. The Labute approximate surface area is 292 Å². The second-order valence-corrected chi connectivity index (χ2v) is 16.8. The second kappa shape index (κ2) is 13.6. The molecule has 0 fully saturated rings. The van der Waals surface area contributed by atoms with E-state index in [0.717, 1.165) is 0 Å². The van der Waals surface area contributed by atoms with E-state index >= 15 is 52.7 Å². The monoisotopic (exact) mass is 773 g/mol. The molecule has 18 heteroatoms. The summed E-state index contributed by atoms with van der Waals surface area (Å²) in [5.74, 6) is -42.4. The van der Waals surface area contributed by atoms with Crippen molar-refractivity contribution < 1.29 is 69.6 Å². The van der Waals surface area contributed by atoms with Crippen molar-refractivity contribution in [1.29, 1.82) is 0 Å². The molecule has 0 unspecified atom stereocenters. The highest BCUT2D eigenvalue weighted by Gasteiger charge is 2.50. The maximum absolute atomic E-state index is 16.2. The van der Waals surface area contributed by atoms with Gasteiger partial charge in [0.1, 0.15) is 41.0 Å². The Kier molecular flexibility index (Phi) is 10.7. The van der Waals surface area contributed by atoms with E-state index in [1.165, 1.54) is 41.5 Å². The molecule has 4 aromatic rings. The lowest BCUT2D eigenvalue weighted by Gasteiger charge is -2.46. The molecule has 1 nitrogen and oxygen atoms in total. The second-order valence-electron chi connectivity index (χ2n) is 14.4. The lowest BCUT2D eigenvalue weighted by molar-refractivity contribution is 0.380. The molecule has 0 bridgehead atoms. The van der Waals surface area contributed by atoms with E-state index in [1.54, 1.807) is 11.6 Å². The summed E-state index contributed by atoms with van der Waals surface area (Å²) < 4.78 is 238. The Morgan fingerprint density at radius 2 is 0.615 bits per heavy atom. The zero-order valence-electron chi connectivity index (χ0n) is 28.4. The highest BCUT2D eigenvalue weighted by atomic mass is 27.2. The summed E-state index contributed by atoms with van der Waals surface area (Å²) in [4.78, 5) is 0. The van der Waals surface area contributed by atoms with E-state index in [0.29, 0.717) is 12.1 Å². The smallest absolute Gasteiger partial charge is 0.540 e. The Morgan fingerprint density at radius 3 is 0.808 bits per heavy atom. The van der Waals surface area contributed by atoms with Crippen LogP contribution in [0.5, 0.6) is 5.75 Å². The fraction of sp³-hybridized carbons (Fsp3) is 0.294. The van der Waals surface area contributed by atoms with Crippen LogP contribution >= 0.6 is 0 Å². The Hall–Kier alpha value is -3.77. The van der Waals surface area contributed by atoms with E-state index < -0.39 is 141 Å². The summed E-state index contributed by atoms with van der Waals surface area (Å²) in [5, 5.41) is 0. The zero-order valence-corrected chi connectivity index (χ0v) is 29.5. The predicted octanol–water partition coefficient (Wildman–Crippen LogP) is 8.38. The zero-order chi connectivity index (χ0) is 39.9. The molecule has 0 aliphatic rings. The van der Waals surface area contributed by atoms with Crippen molar-refractivity contribution in [3.8, 4) is 5.75 Å². The van der Waals surface area contributed by atoms with Gasteiger partial charge in [0.05, 0.1) is 5.75 Å². The van der Waals surface area contributed by atoms with Crippen molar-refractivity contribution in [3.63, 3.8) is 0 Å². The first-order valence-electron chi connectivity index (χ1n) is 15.2. The van der Waals surface area contributed by atoms with Crippen LogP contribution in [0.2, 0.25) is 11.6 Å². The quantitative estimate of drug-likeness (QED) is 0.0829. The third kappa shape index (κ3) is 6.13. The summed E-state index contributed by atoms with van der Waals surface area (Å²) in [6.07, 6.45) is -5.94. The number of benzene rings is 4. The molecule has 0 aromatic heterocycles. The first-order valence-corrected chi connectivity index (χ1v) is 18.0. The van der Waals surface area contributed by atoms with Crippen LogP contribution in [0.25, 0.3) is 0 Å². The molecule has 52 heavy (non-hydrogen) atoms. The van der Waals surface area contributed by atoms with Crippen LogP contribution in [0, 0.1) is 87.3 Å². The average Bonchev–Trinajstić information content (AvgIpc) is 3.04. The molecule has 4 rings (SSSR count). The van der Waals surface area contributed by atoms with Crippen LogP contribution in [-0.2, 0) is 10.8 Å². The van der Waals surface area contributed by atoms with Gasteiger partial charge in [-0.2, -0.15) is 5.46 Å². The van der Waals surface area contributed by atoms with Gasteiger partial charge in [0.25, 0.3) is 0 Å². The van der Waals surface area contributed by atoms with Gasteiger partial charge in [-0.05, 0) is 22.0 Å². The van der Waals surface area contributed by atoms with Crippen molar-refractivity contribution in [3.05, 3.63) is 111 Å². The molecular weight excluding hydrogens is 747 g/mol. The van der Waals surface area contributed by atoms with Crippen molar-refractivity contribution in [2.75, 3.05) is 0 Å². The summed E-state index contributed by atoms with van der Waals surface area (Å²) in [6, 6.07) is 1.21. The first-order chi connectivity index (χ1) is 23.7. The Morgan fingerprint density at radius 1 is 0.404 bits per heavy atom. The molecule has 0 amide bonds. The van der Waals surface area contributed by atoms with Crippen molar-refractivity contribution >= 4 is 42.5 Å². The van der Waals surface area contributed by atoms with E-state index in [1.807, 2.05) is 0 Å². The van der Waals surface area contributed by atoms with Gasteiger partial charge in [0.2, 0.25) is 0 Å². The van der Waals surface area contributed by atoms with Gasteiger partial charge < -0.3 is 3.79 Å². The van der Waals surface area contributed by atoms with E-state index in [-0.39, 0.29) is 16.9 Å². The first kappa shape index (κ1) is 41.0. The van der Waals surface area contributed by atoms with Crippen LogP contribution < -0.4 is 25.6 Å². The molecule has 0 spiro atoms.